The molecule has 1 aliphatic carbocycles. The minimum Gasteiger partial charge on any atom is -0.488 e. The lowest BCUT2D eigenvalue weighted by Crippen LogP contribution is -2.51. The highest BCUT2D eigenvalue weighted by molar-refractivity contribution is 5.88. The predicted molar refractivity (Wildman–Crippen MR) is 132 cm³/mol. The molecule has 0 aliphatic heterocycles. The van der Waals surface area contributed by atoms with Crippen LogP contribution in [0.2, 0.25) is 0 Å². The summed E-state index contributed by atoms with van der Waals surface area (Å²) in [4.78, 5) is 26.6. The van der Waals surface area contributed by atoms with Gasteiger partial charge in [0.1, 0.15) is 23.0 Å². The second-order valence-electron chi connectivity index (χ2n) is 11.7. The Morgan fingerprint density at radius 1 is 1.03 bits per heavy atom. The Balaban J connectivity index is 2.21. The monoisotopic (exact) mass is 460 g/mol. The molecule has 1 amide bonds. The predicted octanol–water partition coefficient (Wildman–Crippen LogP) is 4.78. The SMILES string of the molecule is C[C@H](CN)CC1(C(=O)N[C@@H](Cc2ccc(OC(C)(C)C)cc2)C(=O)OC(C)(C)C)CCCC1. The number of rotatable bonds is 9. The zero-order valence-electron chi connectivity index (χ0n) is 21.6. The molecule has 0 spiro atoms. The Bertz CT molecular complexity index is 784. The van der Waals surface area contributed by atoms with Gasteiger partial charge in [-0.25, -0.2) is 4.79 Å². The molecule has 2 rings (SSSR count). The van der Waals surface area contributed by atoms with E-state index in [0.717, 1.165) is 43.4 Å². The maximum atomic E-state index is 13.5. The van der Waals surface area contributed by atoms with Crippen LogP contribution in [0.5, 0.6) is 5.75 Å². The van der Waals surface area contributed by atoms with Gasteiger partial charge in [-0.15, -0.1) is 0 Å². The standard InChI is InChI=1S/C27H44N2O4/c1-19(18-28)17-27(14-8-9-15-27)24(31)29-22(23(30)33-26(5,6)7)16-20-10-12-21(13-11-20)32-25(2,3)4/h10-13,19,22H,8-9,14-18,28H2,1-7H3,(H,29,31)/t19-,22-/m0/s1. The van der Waals surface area contributed by atoms with E-state index in [1.54, 1.807) is 0 Å². The Morgan fingerprint density at radius 2 is 1.61 bits per heavy atom. The normalized spacial score (nSPS) is 17.8. The van der Waals surface area contributed by atoms with Gasteiger partial charge in [-0.3, -0.25) is 4.79 Å². The second kappa shape index (κ2) is 10.9. The molecule has 1 aromatic carbocycles. The molecule has 1 fully saturated rings. The number of carbonyl (C=O) groups is 2. The van der Waals surface area contributed by atoms with Gasteiger partial charge in [0.05, 0.1) is 0 Å². The first kappa shape index (κ1) is 27.2. The van der Waals surface area contributed by atoms with Crippen LogP contribution in [-0.4, -0.2) is 35.7 Å². The summed E-state index contributed by atoms with van der Waals surface area (Å²) in [6, 6.07) is 6.92. The summed E-state index contributed by atoms with van der Waals surface area (Å²) in [7, 11) is 0. The van der Waals surface area contributed by atoms with Crippen LogP contribution in [0.4, 0.5) is 0 Å². The van der Waals surface area contributed by atoms with Crippen LogP contribution in [0.25, 0.3) is 0 Å². The van der Waals surface area contributed by atoms with E-state index in [-0.39, 0.29) is 17.4 Å². The van der Waals surface area contributed by atoms with E-state index in [2.05, 4.69) is 12.2 Å². The van der Waals surface area contributed by atoms with E-state index >= 15 is 0 Å². The van der Waals surface area contributed by atoms with Crippen molar-refractivity contribution in [3.63, 3.8) is 0 Å². The van der Waals surface area contributed by atoms with Crippen molar-refractivity contribution in [3.05, 3.63) is 29.8 Å². The van der Waals surface area contributed by atoms with Crippen molar-refractivity contribution in [3.8, 4) is 5.75 Å². The van der Waals surface area contributed by atoms with Crippen molar-refractivity contribution >= 4 is 11.9 Å². The van der Waals surface area contributed by atoms with Crippen molar-refractivity contribution in [2.45, 2.75) is 104 Å². The molecule has 3 N–H and O–H groups in total. The summed E-state index contributed by atoms with van der Waals surface area (Å²) in [5, 5.41) is 3.07. The van der Waals surface area contributed by atoms with E-state index in [1.165, 1.54) is 0 Å². The third kappa shape index (κ3) is 8.65. The largest absolute Gasteiger partial charge is 0.488 e. The summed E-state index contributed by atoms with van der Waals surface area (Å²) in [6.45, 7) is 14.1. The number of esters is 1. The number of nitrogens with two attached hydrogens (primary N) is 1. The maximum absolute atomic E-state index is 13.5. The highest BCUT2D eigenvalue weighted by Crippen LogP contribution is 2.43. The molecule has 33 heavy (non-hydrogen) atoms. The van der Waals surface area contributed by atoms with Crippen LogP contribution in [0.1, 0.15) is 86.1 Å². The third-order valence-electron chi connectivity index (χ3n) is 5.97. The zero-order valence-corrected chi connectivity index (χ0v) is 21.6. The Kier molecular flexibility index (Phi) is 8.97. The van der Waals surface area contributed by atoms with E-state index < -0.39 is 23.0 Å². The number of hydrogen-bond acceptors (Lipinski definition) is 5. The molecule has 0 radical (unpaired) electrons. The lowest BCUT2D eigenvalue weighted by atomic mass is 9.77. The fraction of sp³-hybridized carbons (Fsp3) is 0.704. The Hall–Kier alpha value is -2.08. The van der Waals surface area contributed by atoms with Gasteiger partial charge in [0, 0.05) is 11.8 Å². The van der Waals surface area contributed by atoms with Crippen LogP contribution in [0, 0.1) is 11.3 Å². The van der Waals surface area contributed by atoms with Gasteiger partial charge >= 0.3 is 5.97 Å². The second-order valence-corrected chi connectivity index (χ2v) is 11.7. The molecule has 1 aliphatic rings. The Labute approximate surface area is 200 Å². The first-order valence-corrected chi connectivity index (χ1v) is 12.2. The van der Waals surface area contributed by atoms with Crippen LogP contribution in [0.3, 0.4) is 0 Å². The van der Waals surface area contributed by atoms with Gasteiger partial charge in [0.2, 0.25) is 5.91 Å². The number of benzene rings is 1. The van der Waals surface area contributed by atoms with Gasteiger partial charge in [0.15, 0.2) is 0 Å². The first-order valence-electron chi connectivity index (χ1n) is 12.2. The van der Waals surface area contributed by atoms with Crippen molar-refractivity contribution in [1.29, 1.82) is 0 Å². The van der Waals surface area contributed by atoms with Gasteiger partial charge in [0.25, 0.3) is 0 Å². The molecule has 6 nitrogen and oxygen atoms in total. The molecule has 1 saturated carbocycles. The summed E-state index contributed by atoms with van der Waals surface area (Å²) >= 11 is 0. The molecule has 6 heteroatoms. The molecule has 0 bridgehead atoms. The highest BCUT2D eigenvalue weighted by Gasteiger charge is 2.43. The molecular weight excluding hydrogens is 416 g/mol. The summed E-state index contributed by atoms with van der Waals surface area (Å²) in [5.41, 5.74) is 5.42. The number of amides is 1. The molecule has 0 aromatic heterocycles. The molecule has 1 aromatic rings. The molecule has 0 unspecified atom stereocenters. The van der Waals surface area contributed by atoms with Crippen molar-refractivity contribution in [1.82, 2.24) is 5.32 Å². The van der Waals surface area contributed by atoms with Crippen molar-refractivity contribution in [2.75, 3.05) is 6.54 Å². The minimum atomic E-state index is -0.753. The maximum Gasteiger partial charge on any atom is 0.329 e. The minimum absolute atomic E-state index is 0.0520. The lowest BCUT2D eigenvalue weighted by molar-refractivity contribution is -0.159. The first-order chi connectivity index (χ1) is 15.2. The van der Waals surface area contributed by atoms with Crippen molar-refractivity contribution in [2.24, 2.45) is 17.1 Å². The van der Waals surface area contributed by atoms with Crippen molar-refractivity contribution < 1.29 is 19.1 Å². The van der Waals surface area contributed by atoms with E-state index in [1.807, 2.05) is 65.8 Å². The van der Waals surface area contributed by atoms with Crippen LogP contribution in [0.15, 0.2) is 24.3 Å². The van der Waals surface area contributed by atoms with Crippen LogP contribution in [-0.2, 0) is 20.7 Å². The molecule has 0 saturated heterocycles. The Morgan fingerprint density at radius 3 is 2.09 bits per heavy atom. The fourth-order valence-corrected chi connectivity index (χ4v) is 4.49. The fourth-order valence-electron chi connectivity index (χ4n) is 4.49. The quantitative estimate of drug-likeness (QED) is 0.518. The van der Waals surface area contributed by atoms with Gasteiger partial charge in [-0.1, -0.05) is 31.9 Å². The van der Waals surface area contributed by atoms with Gasteiger partial charge < -0.3 is 20.5 Å². The topological polar surface area (TPSA) is 90.7 Å². The van der Waals surface area contributed by atoms with Gasteiger partial charge in [-0.2, -0.15) is 0 Å². The number of hydrogen-bond donors (Lipinski definition) is 2. The average molecular weight is 461 g/mol. The summed E-state index contributed by atoms with van der Waals surface area (Å²) < 4.78 is 11.6. The highest BCUT2D eigenvalue weighted by atomic mass is 16.6. The van der Waals surface area contributed by atoms with E-state index in [0.29, 0.717) is 13.0 Å². The van der Waals surface area contributed by atoms with Crippen LogP contribution >= 0.6 is 0 Å². The number of carbonyl (C=O) groups excluding carboxylic acids is 2. The van der Waals surface area contributed by atoms with E-state index in [9.17, 15) is 9.59 Å². The smallest absolute Gasteiger partial charge is 0.329 e. The van der Waals surface area contributed by atoms with Crippen LogP contribution < -0.4 is 15.8 Å². The number of nitrogens with one attached hydrogen (secondary N) is 1. The average Bonchev–Trinajstić information content (AvgIpc) is 3.16. The van der Waals surface area contributed by atoms with E-state index in [4.69, 9.17) is 15.2 Å². The zero-order chi connectivity index (χ0) is 24.9. The summed E-state index contributed by atoms with van der Waals surface area (Å²) in [6.07, 6.45) is 4.83. The molecular formula is C27H44N2O4. The number of ether oxygens (including phenoxy) is 2. The summed E-state index contributed by atoms with van der Waals surface area (Å²) in [5.74, 6) is 0.559. The third-order valence-corrected chi connectivity index (χ3v) is 5.97. The van der Waals surface area contributed by atoms with Gasteiger partial charge in [-0.05, 0) is 91.0 Å². The molecule has 0 heterocycles. The molecule has 2 atom stereocenters. The lowest BCUT2D eigenvalue weighted by Gasteiger charge is -2.32. The molecule has 186 valence electrons.